The van der Waals surface area contributed by atoms with Gasteiger partial charge in [0.1, 0.15) is 5.75 Å². The summed E-state index contributed by atoms with van der Waals surface area (Å²) in [6.07, 6.45) is 7.35. The third-order valence-electron chi connectivity index (χ3n) is 6.32. The fourth-order valence-corrected chi connectivity index (χ4v) is 4.53. The minimum atomic E-state index is -0.0230. The number of carbonyl (C=O) groups excluding carboxylic acids is 1. The van der Waals surface area contributed by atoms with E-state index in [1.54, 1.807) is 7.11 Å². The highest BCUT2D eigenvalue weighted by molar-refractivity contribution is 5.92. The molecule has 1 fully saturated rings. The van der Waals surface area contributed by atoms with E-state index in [1.165, 1.54) is 11.3 Å². The molecule has 1 aromatic heterocycles. The fraction of sp³-hybridized carbons (Fsp3) is 0.357. The van der Waals surface area contributed by atoms with Crippen LogP contribution >= 0.6 is 0 Å². The lowest BCUT2D eigenvalue weighted by Gasteiger charge is -2.35. The van der Waals surface area contributed by atoms with Crippen molar-refractivity contribution in [2.24, 2.45) is 0 Å². The molecule has 2 heterocycles. The average molecular weight is 459 g/mol. The maximum atomic E-state index is 12.4. The molecule has 0 radical (unpaired) electrons. The standard InChI is InChI=1S/C28H34N4O2/c1-21(18-23-4-3-15-29-20-23)30-25-13-16-32(17-14-25)26-9-7-24(8-10-26)31-28(33)19-22-5-11-27(34-2)12-6-22/h3-12,15,20-21,25,30H,13-14,16-19H2,1-2H3,(H,31,33). The number of nitrogens with one attached hydrogen (secondary N) is 2. The van der Waals surface area contributed by atoms with Crippen molar-refractivity contribution in [1.82, 2.24) is 10.3 Å². The SMILES string of the molecule is COc1ccc(CC(=O)Nc2ccc(N3CCC(NC(C)Cc4cccnc4)CC3)cc2)cc1. The van der Waals surface area contributed by atoms with Gasteiger partial charge in [-0.15, -0.1) is 0 Å². The van der Waals surface area contributed by atoms with Crippen molar-refractivity contribution in [3.63, 3.8) is 0 Å². The van der Waals surface area contributed by atoms with Crippen LogP contribution in [0.5, 0.6) is 5.75 Å². The number of rotatable bonds is 9. The molecule has 1 aliphatic rings. The highest BCUT2D eigenvalue weighted by Crippen LogP contribution is 2.23. The number of aromatic nitrogens is 1. The molecule has 1 saturated heterocycles. The molecule has 2 aromatic carbocycles. The van der Waals surface area contributed by atoms with Crippen molar-refractivity contribution in [1.29, 1.82) is 0 Å². The zero-order chi connectivity index (χ0) is 23.8. The van der Waals surface area contributed by atoms with Gasteiger partial charge in [0.25, 0.3) is 0 Å². The number of benzene rings is 2. The van der Waals surface area contributed by atoms with Crippen LogP contribution in [0.3, 0.4) is 0 Å². The summed E-state index contributed by atoms with van der Waals surface area (Å²) in [5.74, 6) is 0.768. The largest absolute Gasteiger partial charge is 0.497 e. The molecule has 4 rings (SSSR count). The number of piperidine rings is 1. The molecule has 3 aromatic rings. The highest BCUT2D eigenvalue weighted by Gasteiger charge is 2.21. The van der Waals surface area contributed by atoms with E-state index in [4.69, 9.17) is 4.74 Å². The second-order valence-corrected chi connectivity index (χ2v) is 9.01. The van der Waals surface area contributed by atoms with E-state index in [1.807, 2.05) is 54.9 Å². The number of hydrogen-bond acceptors (Lipinski definition) is 5. The van der Waals surface area contributed by atoms with Gasteiger partial charge < -0.3 is 20.3 Å². The van der Waals surface area contributed by atoms with Gasteiger partial charge in [0.15, 0.2) is 0 Å². The Kier molecular flexibility index (Phi) is 8.15. The van der Waals surface area contributed by atoms with Crippen LogP contribution in [0.4, 0.5) is 11.4 Å². The molecule has 1 unspecified atom stereocenters. The predicted octanol–water partition coefficient (Wildman–Crippen LogP) is 4.46. The van der Waals surface area contributed by atoms with Crippen molar-refractivity contribution in [2.75, 3.05) is 30.4 Å². The molecular formula is C28H34N4O2. The number of pyridine rings is 1. The summed E-state index contributed by atoms with van der Waals surface area (Å²) >= 11 is 0. The monoisotopic (exact) mass is 458 g/mol. The first kappa shape index (κ1) is 23.8. The normalized spacial score (nSPS) is 15.1. The van der Waals surface area contributed by atoms with Gasteiger partial charge in [-0.2, -0.15) is 0 Å². The Morgan fingerprint density at radius 1 is 1.06 bits per heavy atom. The van der Waals surface area contributed by atoms with Crippen LogP contribution in [-0.2, 0) is 17.6 Å². The quantitative estimate of drug-likeness (QED) is 0.496. The van der Waals surface area contributed by atoms with Crippen molar-refractivity contribution in [3.8, 4) is 5.75 Å². The Labute approximate surface area is 202 Å². The Balaban J connectivity index is 1.21. The summed E-state index contributed by atoms with van der Waals surface area (Å²) in [5.41, 5.74) is 4.26. The summed E-state index contributed by atoms with van der Waals surface area (Å²) in [6, 6.07) is 20.9. The zero-order valence-electron chi connectivity index (χ0n) is 20.0. The Morgan fingerprint density at radius 2 is 1.79 bits per heavy atom. The second-order valence-electron chi connectivity index (χ2n) is 9.01. The van der Waals surface area contributed by atoms with E-state index in [2.05, 4.69) is 45.6 Å². The molecule has 0 bridgehead atoms. The lowest BCUT2D eigenvalue weighted by molar-refractivity contribution is -0.115. The molecule has 1 atom stereocenters. The van der Waals surface area contributed by atoms with E-state index < -0.39 is 0 Å². The van der Waals surface area contributed by atoms with Gasteiger partial charge in [0.2, 0.25) is 5.91 Å². The average Bonchev–Trinajstić information content (AvgIpc) is 2.86. The third-order valence-corrected chi connectivity index (χ3v) is 6.32. The summed E-state index contributed by atoms with van der Waals surface area (Å²) < 4.78 is 5.17. The number of carbonyl (C=O) groups is 1. The predicted molar refractivity (Wildman–Crippen MR) is 138 cm³/mol. The van der Waals surface area contributed by atoms with Gasteiger partial charge >= 0.3 is 0 Å². The number of anilines is 2. The van der Waals surface area contributed by atoms with E-state index >= 15 is 0 Å². The summed E-state index contributed by atoms with van der Waals surface area (Å²) in [7, 11) is 1.64. The van der Waals surface area contributed by atoms with Crippen molar-refractivity contribution >= 4 is 17.3 Å². The molecule has 34 heavy (non-hydrogen) atoms. The summed E-state index contributed by atoms with van der Waals surface area (Å²) in [4.78, 5) is 19.0. The molecule has 6 heteroatoms. The van der Waals surface area contributed by atoms with Gasteiger partial charge in [0, 0.05) is 48.9 Å². The van der Waals surface area contributed by atoms with Crippen LogP contribution in [0.1, 0.15) is 30.9 Å². The van der Waals surface area contributed by atoms with Gasteiger partial charge in [-0.05, 0) is 79.8 Å². The number of amides is 1. The molecule has 2 N–H and O–H groups in total. The van der Waals surface area contributed by atoms with Crippen LogP contribution in [0.15, 0.2) is 73.1 Å². The van der Waals surface area contributed by atoms with Crippen molar-refractivity contribution in [2.45, 2.75) is 44.7 Å². The Morgan fingerprint density at radius 3 is 2.44 bits per heavy atom. The topological polar surface area (TPSA) is 66.5 Å². The van der Waals surface area contributed by atoms with Gasteiger partial charge in [-0.25, -0.2) is 0 Å². The number of hydrogen-bond donors (Lipinski definition) is 2. The van der Waals surface area contributed by atoms with E-state index in [-0.39, 0.29) is 5.91 Å². The molecule has 0 aliphatic carbocycles. The maximum absolute atomic E-state index is 12.4. The Bertz CT molecular complexity index is 1030. The van der Waals surface area contributed by atoms with Gasteiger partial charge in [-0.3, -0.25) is 9.78 Å². The molecular weight excluding hydrogens is 424 g/mol. The molecule has 178 valence electrons. The lowest BCUT2D eigenvalue weighted by atomic mass is 10.0. The molecule has 0 spiro atoms. The molecule has 1 aliphatic heterocycles. The van der Waals surface area contributed by atoms with Gasteiger partial charge in [0.05, 0.1) is 13.5 Å². The first-order chi connectivity index (χ1) is 16.6. The first-order valence-corrected chi connectivity index (χ1v) is 12.0. The lowest BCUT2D eigenvalue weighted by Crippen LogP contribution is -2.46. The second kappa shape index (κ2) is 11.7. The van der Waals surface area contributed by atoms with E-state index in [0.29, 0.717) is 18.5 Å². The van der Waals surface area contributed by atoms with Crippen LogP contribution < -0.4 is 20.3 Å². The summed E-state index contributed by atoms with van der Waals surface area (Å²) in [6.45, 7) is 4.31. The maximum Gasteiger partial charge on any atom is 0.228 e. The van der Waals surface area contributed by atoms with Crippen LogP contribution in [0.2, 0.25) is 0 Å². The van der Waals surface area contributed by atoms with E-state index in [9.17, 15) is 4.79 Å². The fourth-order valence-electron chi connectivity index (χ4n) is 4.53. The number of nitrogens with zero attached hydrogens (tertiary/aromatic N) is 2. The number of ether oxygens (including phenoxy) is 1. The van der Waals surface area contributed by atoms with Crippen LogP contribution in [0, 0.1) is 0 Å². The van der Waals surface area contributed by atoms with Crippen molar-refractivity contribution in [3.05, 3.63) is 84.2 Å². The highest BCUT2D eigenvalue weighted by atomic mass is 16.5. The number of methoxy groups -OCH3 is 1. The summed E-state index contributed by atoms with van der Waals surface area (Å²) in [5, 5.41) is 6.78. The van der Waals surface area contributed by atoms with E-state index in [0.717, 1.165) is 49.4 Å². The van der Waals surface area contributed by atoms with Crippen LogP contribution in [0.25, 0.3) is 0 Å². The Hall–Kier alpha value is -3.38. The molecule has 0 saturated carbocycles. The smallest absolute Gasteiger partial charge is 0.228 e. The minimum Gasteiger partial charge on any atom is -0.497 e. The van der Waals surface area contributed by atoms with Crippen molar-refractivity contribution < 1.29 is 9.53 Å². The molecule has 1 amide bonds. The first-order valence-electron chi connectivity index (χ1n) is 12.0. The zero-order valence-corrected chi connectivity index (χ0v) is 20.0. The third kappa shape index (κ3) is 6.81. The van der Waals surface area contributed by atoms with Crippen LogP contribution in [-0.4, -0.2) is 43.2 Å². The molecule has 6 nitrogen and oxygen atoms in total. The minimum absolute atomic E-state index is 0.0230. The van der Waals surface area contributed by atoms with Gasteiger partial charge in [-0.1, -0.05) is 18.2 Å².